The minimum atomic E-state index is -0.415. The summed E-state index contributed by atoms with van der Waals surface area (Å²) in [4.78, 5) is 8.18. The van der Waals surface area contributed by atoms with Crippen LogP contribution in [-0.2, 0) is 0 Å². The van der Waals surface area contributed by atoms with Crippen LogP contribution in [0.2, 0.25) is 0 Å². The second kappa shape index (κ2) is 6.74. The maximum absolute atomic E-state index is 13.9. The van der Waals surface area contributed by atoms with E-state index in [1.165, 1.54) is 26.6 Å². The molecule has 0 aliphatic heterocycles. The van der Waals surface area contributed by atoms with Gasteiger partial charge >= 0.3 is 0 Å². The highest BCUT2D eigenvalue weighted by Crippen LogP contribution is 2.32. The largest absolute Gasteiger partial charge is 0.497 e. The van der Waals surface area contributed by atoms with Crippen molar-refractivity contribution in [2.75, 3.05) is 31.4 Å². The molecule has 1 aromatic heterocycles. The zero-order valence-corrected chi connectivity index (χ0v) is 12.1. The lowest BCUT2D eigenvalue weighted by molar-refractivity contribution is 0.413. The van der Waals surface area contributed by atoms with E-state index >= 15 is 0 Å². The summed E-state index contributed by atoms with van der Waals surface area (Å²) in [6.07, 6.45) is 1.38. The number of ether oxygens (including phenoxy) is 2. The van der Waals surface area contributed by atoms with Crippen molar-refractivity contribution in [2.45, 2.75) is 6.92 Å². The van der Waals surface area contributed by atoms with Crippen LogP contribution in [0.25, 0.3) is 0 Å². The van der Waals surface area contributed by atoms with Gasteiger partial charge in [0.15, 0.2) is 11.6 Å². The van der Waals surface area contributed by atoms with E-state index in [0.717, 1.165) is 0 Å². The van der Waals surface area contributed by atoms with Gasteiger partial charge in [0, 0.05) is 12.6 Å². The van der Waals surface area contributed by atoms with Crippen LogP contribution in [0, 0.1) is 5.82 Å². The molecule has 0 aliphatic rings. The molecule has 7 heteroatoms. The maximum atomic E-state index is 13.9. The molecule has 0 fully saturated rings. The van der Waals surface area contributed by atoms with Crippen molar-refractivity contribution in [2.24, 2.45) is 0 Å². The molecule has 0 amide bonds. The summed E-state index contributed by atoms with van der Waals surface area (Å²) in [6.45, 7) is 2.62. The van der Waals surface area contributed by atoms with E-state index in [1.807, 2.05) is 6.92 Å². The fourth-order valence-electron chi connectivity index (χ4n) is 1.80. The number of rotatable bonds is 6. The zero-order chi connectivity index (χ0) is 15.2. The second-order valence-electron chi connectivity index (χ2n) is 4.11. The van der Waals surface area contributed by atoms with Gasteiger partial charge in [0.2, 0.25) is 5.75 Å². The number of hydrogen-bond donors (Lipinski definition) is 2. The van der Waals surface area contributed by atoms with Crippen LogP contribution in [0.15, 0.2) is 24.5 Å². The number of halogens is 1. The highest BCUT2D eigenvalue weighted by molar-refractivity contribution is 5.70. The van der Waals surface area contributed by atoms with E-state index in [2.05, 4.69) is 20.6 Å². The first kappa shape index (κ1) is 14.8. The Morgan fingerprint density at radius 2 is 1.90 bits per heavy atom. The molecule has 0 saturated carbocycles. The summed E-state index contributed by atoms with van der Waals surface area (Å²) in [5.41, 5.74) is 0.244. The normalized spacial score (nSPS) is 10.1. The summed E-state index contributed by atoms with van der Waals surface area (Å²) in [5.74, 6) is 1.46. The van der Waals surface area contributed by atoms with Gasteiger partial charge in [0.25, 0.3) is 0 Å². The standard InChI is InChI=1S/C14H17FN4O2/c1-4-16-13-12(21-3)14(18-8-17-13)19-11-7-9(20-2)5-6-10(11)15/h5-8H,4H2,1-3H3,(H2,16,17,18,19). The molecule has 2 rings (SSSR count). The van der Waals surface area contributed by atoms with Crippen molar-refractivity contribution < 1.29 is 13.9 Å². The Morgan fingerprint density at radius 1 is 1.14 bits per heavy atom. The van der Waals surface area contributed by atoms with Gasteiger partial charge < -0.3 is 20.1 Å². The molecule has 0 radical (unpaired) electrons. The maximum Gasteiger partial charge on any atom is 0.204 e. The quantitative estimate of drug-likeness (QED) is 0.853. The number of nitrogens with zero attached hydrogens (tertiary/aromatic N) is 2. The molecule has 0 spiro atoms. The van der Waals surface area contributed by atoms with E-state index < -0.39 is 5.82 Å². The average Bonchev–Trinajstić information content (AvgIpc) is 2.50. The minimum absolute atomic E-state index is 0.244. The van der Waals surface area contributed by atoms with E-state index in [-0.39, 0.29) is 5.69 Å². The molecular weight excluding hydrogens is 275 g/mol. The first-order valence-corrected chi connectivity index (χ1v) is 6.43. The Bertz CT molecular complexity index is 622. The molecule has 0 saturated heterocycles. The monoisotopic (exact) mass is 292 g/mol. The van der Waals surface area contributed by atoms with Crippen molar-refractivity contribution in [3.8, 4) is 11.5 Å². The summed E-state index contributed by atoms with van der Waals surface area (Å²) < 4.78 is 24.2. The predicted molar refractivity (Wildman–Crippen MR) is 79.0 cm³/mol. The molecule has 0 atom stereocenters. The zero-order valence-electron chi connectivity index (χ0n) is 12.1. The Labute approximate surface area is 122 Å². The van der Waals surface area contributed by atoms with E-state index in [0.29, 0.717) is 29.7 Å². The third-order valence-electron chi connectivity index (χ3n) is 2.78. The van der Waals surface area contributed by atoms with Gasteiger partial charge in [-0.25, -0.2) is 14.4 Å². The molecule has 0 unspecified atom stereocenters. The fraction of sp³-hybridized carbons (Fsp3) is 0.286. The number of methoxy groups -OCH3 is 2. The molecule has 1 aromatic carbocycles. The molecule has 0 aliphatic carbocycles. The molecule has 1 heterocycles. The smallest absolute Gasteiger partial charge is 0.204 e. The minimum Gasteiger partial charge on any atom is -0.497 e. The van der Waals surface area contributed by atoms with Crippen LogP contribution in [0.3, 0.4) is 0 Å². The SMILES string of the molecule is CCNc1ncnc(Nc2cc(OC)ccc2F)c1OC. The molecule has 2 aromatic rings. The fourth-order valence-corrected chi connectivity index (χ4v) is 1.80. The van der Waals surface area contributed by atoms with Crippen molar-refractivity contribution >= 4 is 17.3 Å². The van der Waals surface area contributed by atoms with Gasteiger partial charge in [-0.1, -0.05) is 0 Å². The number of benzene rings is 1. The topological polar surface area (TPSA) is 68.3 Å². The first-order chi connectivity index (χ1) is 10.2. The van der Waals surface area contributed by atoms with Crippen molar-refractivity contribution in [1.82, 2.24) is 9.97 Å². The van der Waals surface area contributed by atoms with Crippen LogP contribution in [-0.4, -0.2) is 30.7 Å². The van der Waals surface area contributed by atoms with Gasteiger partial charge in [0.1, 0.15) is 17.9 Å². The lowest BCUT2D eigenvalue weighted by Crippen LogP contribution is -2.06. The molecule has 6 nitrogen and oxygen atoms in total. The van der Waals surface area contributed by atoms with Crippen molar-refractivity contribution in [1.29, 1.82) is 0 Å². The van der Waals surface area contributed by atoms with Gasteiger partial charge in [-0.05, 0) is 19.1 Å². The number of aromatic nitrogens is 2. The van der Waals surface area contributed by atoms with Crippen molar-refractivity contribution in [3.05, 3.63) is 30.3 Å². The summed E-state index contributed by atoms with van der Waals surface area (Å²) in [7, 11) is 3.03. The number of anilines is 3. The Hall–Kier alpha value is -2.57. The van der Waals surface area contributed by atoms with Crippen LogP contribution in [0.4, 0.5) is 21.7 Å². The molecule has 2 N–H and O–H groups in total. The van der Waals surface area contributed by atoms with E-state index in [4.69, 9.17) is 9.47 Å². The summed E-state index contributed by atoms with van der Waals surface area (Å²) in [6, 6.07) is 4.41. The molecular formula is C14H17FN4O2. The van der Waals surface area contributed by atoms with Gasteiger partial charge in [-0.2, -0.15) is 0 Å². The van der Waals surface area contributed by atoms with Crippen LogP contribution in [0.1, 0.15) is 6.92 Å². The van der Waals surface area contributed by atoms with Gasteiger partial charge in [-0.3, -0.25) is 0 Å². The predicted octanol–water partition coefficient (Wildman–Crippen LogP) is 2.81. The van der Waals surface area contributed by atoms with E-state index in [1.54, 1.807) is 12.1 Å². The second-order valence-corrected chi connectivity index (χ2v) is 4.11. The van der Waals surface area contributed by atoms with Crippen LogP contribution >= 0.6 is 0 Å². The first-order valence-electron chi connectivity index (χ1n) is 6.43. The van der Waals surface area contributed by atoms with Crippen molar-refractivity contribution in [3.63, 3.8) is 0 Å². The molecule has 0 bridgehead atoms. The lowest BCUT2D eigenvalue weighted by Gasteiger charge is -2.14. The highest BCUT2D eigenvalue weighted by Gasteiger charge is 2.13. The Balaban J connectivity index is 2.37. The third kappa shape index (κ3) is 3.31. The number of nitrogens with one attached hydrogen (secondary N) is 2. The summed E-state index contributed by atoms with van der Waals surface area (Å²) in [5, 5.41) is 5.95. The molecule has 112 valence electrons. The van der Waals surface area contributed by atoms with Crippen LogP contribution < -0.4 is 20.1 Å². The van der Waals surface area contributed by atoms with E-state index in [9.17, 15) is 4.39 Å². The highest BCUT2D eigenvalue weighted by atomic mass is 19.1. The van der Waals surface area contributed by atoms with Gasteiger partial charge in [0.05, 0.1) is 19.9 Å². The third-order valence-corrected chi connectivity index (χ3v) is 2.78. The Morgan fingerprint density at radius 3 is 2.57 bits per heavy atom. The van der Waals surface area contributed by atoms with Crippen LogP contribution in [0.5, 0.6) is 11.5 Å². The number of hydrogen-bond acceptors (Lipinski definition) is 6. The van der Waals surface area contributed by atoms with Gasteiger partial charge in [-0.15, -0.1) is 0 Å². The summed E-state index contributed by atoms with van der Waals surface area (Å²) >= 11 is 0. The molecule has 21 heavy (non-hydrogen) atoms. The lowest BCUT2D eigenvalue weighted by atomic mass is 10.3. The Kier molecular flexibility index (Phi) is 4.76. The average molecular weight is 292 g/mol.